The van der Waals surface area contributed by atoms with E-state index in [-0.39, 0.29) is 6.10 Å². The zero-order valence-corrected chi connectivity index (χ0v) is 14.8. The van der Waals surface area contributed by atoms with Crippen LogP contribution in [0, 0.1) is 34.5 Å². The normalized spacial score (nSPS) is 56.4. The Bertz CT molecular complexity index is 480. The fourth-order valence-electron chi connectivity index (χ4n) is 7.56. The molecule has 0 radical (unpaired) electrons. The summed E-state index contributed by atoms with van der Waals surface area (Å²) < 4.78 is 0. The fourth-order valence-corrected chi connectivity index (χ4v) is 7.56. The minimum absolute atomic E-state index is 0.00964. The van der Waals surface area contributed by atoms with Gasteiger partial charge in [-0.1, -0.05) is 25.5 Å². The van der Waals surface area contributed by atoms with Crippen molar-refractivity contribution in [1.82, 2.24) is 0 Å². The predicted molar refractivity (Wildman–Crippen MR) is 91.5 cm³/mol. The van der Waals surface area contributed by atoms with Gasteiger partial charge in [0.25, 0.3) is 0 Å². The molecule has 4 fully saturated rings. The Morgan fingerprint density at radius 1 is 1.00 bits per heavy atom. The highest BCUT2D eigenvalue weighted by atomic mass is 16.3. The van der Waals surface area contributed by atoms with Crippen LogP contribution >= 0.6 is 0 Å². The summed E-state index contributed by atoms with van der Waals surface area (Å²) in [7, 11) is 0. The molecule has 0 aliphatic heterocycles. The van der Waals surface area contributed by atoms with E-state index in [1.54, 1.807) is 5.57 Å². The molecule has 7 atom stereocenters. The second-order valence-electron chi connectivity index (χ2n) is 9.39. The van der Waals surface area contributed by atoms with Gasteiger partial charge >= 0.3 is 0 Å². The van der Waals surface area contributed by atoms with Crippen molar-refractivity contribution in [2.45, 2.75) is 84.7 Å². The number of aliphatic hydroxyl groups excluding tert-OH is 1. The van der Waals surface area contributed by atoms with Crippen molar-refractivity contribution in [3.8, 4) is 0 Å². The molecule has 4 aliphatic carbocycles. The summed E-state index contributed by atoms with van der Waals surface area (Å²) >= 11 is 0. The highest BCUT2D eigenvalue weighted by Crippen LogP contribution is 2.67. The van der Waals surface area contributed by atoms with Gasteiger partial charge in [-0.2, -0.15) is 0 Å². The maximum absolute atomic E-state index is 10.1. The van der Waals surface area contributed by atoms with Gasteiger partial charge in [0.05, 0.1) is 6.10 Å². The van der Waals surface area contributed by atoms with Gasteiger partial charge in [0.2, 0.25) is 0 Å². The van der Waals surface area contributed by atoms with Crippen molar-refractivity contribution in [1.29, 1.82) is 0 Å². The van der Waals surface area contributed by atoms with Crippen LogP contribution in [-0.4, -0.2) is 11.2 Å². The van der Waals surface area contributed by atoms with Crippen LogP contribution in [0.3, 0.4) is 0 Å². The lowest BCUT2D eigenvalue weighted by atomic mass is 9.45. The molecule has 0 amide bonds. The molecule has 0 aromatic carbocycles. The lowest BCUT2D eigenvalue weighted by Crippen LogP contribution is -2.53. The van der Waals surface area contributed by atoms with E-state index in [9.17, 15) is 5.11 Å². The first-order valence-corrected chi connectivity index (χ1v) is 9.83. The Balaban J connectivity index is 1.63. The van der Waals surface area contributed by atoms with Crippen molar-refractivity contribution >= 4 is 0 Å². The molecular formula is C21H34O. The lowest BCUT2D eigenvalue weighted by Gasteiger charge is -2.60. The monoisotopic (exact) mass is 302 g/mol. The first-order chi connectivity index (χ1) is 10.5. The number of hydrogen-bond donors (Lipinski definition) is 1. The average molecular weight is 303 g/mol. The molecule has 1 heteroatoms. The van der Waals surface area contributed by atoms with Crippen LogP contribution in [0.5, 0.6) is 0 Å². The Hall–Kier alpha value is -0.300. The Morgan fingerprint density at radius 2 is 1.82 bits per heavy atom. The zero-order chi connectivity index (χ0) is 15.5. The highest BCUT2D eigenvalue weighted by Gasteiger charge is 2.58. The standard InChI is InChI=1S/C21H34O/c1-4-14-6-8-18-17-7-5-15-13-16(22)9-11-21(15,3)19(17)10-12-20(14,18)2/h4,15-19,22H,5-13H2,1-3H3/b14-4+/t15-,16?,17+,18-,19-,20-,21-/m0/s1. The van der Waals surface area contributed by atoms with E-state index in [1.165, 1.54) is 44.9 Å². The maximum Gasteiger partial charge on any atom is 0.0543 e. The van der Waals surface area contributed by atoms with Crippen LogP contribution in [0.4, 0.5) is 0 Å². The maximum atomic E-state index is 10.1. The first kappa shape index (κ1) is 15.2. The Kier molecular flexibility index (Phi) is 3.53. The van der Waals surface area contributed by atoms with E-state index in [1.807, 2.05) is 0 Å². The van der Waals surface area contributed by atoms with Crippen molar-refractivity contribution in [3.05, 3.63) is 11.6 Å². The van der Waals surface area contributed by atoms with Gasteiger partial charge in [-0.05, 0) is 99.2 Å². The van der Waals surface area contributed by atoms with Gasteiger partial charge in [0.15, 0.2) is 0 Å². The smallest absolute Gasteiger partial charge is 0.0543 e. The summed E-state index contributed by atoms with van der Waals surface area (Å²) in [6.07, 6.45) is 14.3. The van der Waals surface area contributed by atoms with Crippen molar-refractivity contribution < 1.29 is 5.11 Å². The van der Waals surface area contributed by atoms with E-state index in [2.05, 4.69) is 26.8 Å². The molecule has 4 rings (SSSR count). The van der Waals surface area contributed by atoms with Gasteiger partial charge in [0, 0.05) is 0 Å². The summed E-state index contributed by atoms with van der Waals surface area (Å²) in [5.41, 5.74) is 2.82. The summed E-state index contributed by atoms with van der Waals surface area (Å²) in [4.78, 5) is 0. The number of allylic oxidation sites excluding steroid dienone is 2. The molecule has 0 bridgehead atoms. The molecule has 1 N–H and O–H groups in total. The van der Waals surface area contributed by atoms with Crippen LogP contribution in [0.15, 0.2) is 11.6 Å². The van der Waals surface area contributed by atoms with E-state index in [4.69, 9.17) is 0 Å². The molecule has 1 unspecified atom stereocenters. The van der Waals surface area contributed by atoms with Crippen molar-refractivity contribution in [3.63, 3.8) is 0 Å². The minimum Gasteiger partial charge on any atom is -0.393 e. The third kappa shape index (κ3) is 1.93. The van der Waals surface area contributed by atoms with E-state index >= 15 is 0 Å². The molecule has 4 aliphatic rings. The highest BCUT2D eigenvalue weighted by molar-refractivity contribution is 5.23. The Morgan fingerprint density at radius 3 is 2.59 bits per heavy atom. The summed E-state index contributed by atoms with van der Waals surface area (Å²) in [6.45, 7) is 7.43. The van der Waals surface area contributed by atoms with Gasteiger partial charge in [0.1, 0.15) is 0 Å². The van der Waals surface area contributed by atoms with E-state index in [0.717, 1.165) is 36.5 Å². The molecule has 4 saturated carbocycles. The molecule has 0 heterocycles. The predicted octanol–water partition coefficient (Wildman–Crippen LogP) is 5.34. The van der Waals surface area contributed by atoms with Gasteiger partial charge in [-0.3, -0.25) is 0 Å². The molecule has 0 aromatic heterocycles. The largest absolute Gasteiger partial charge is 0.393 e. The van der Waals surface area contributed by atoms with Gasteiger partial charge in [-0.25, -0.2) is 0 Å². The molecule has 124 valence electrons. The molecule has 0 spiro atoms. The second kappa shape index (κ2) is 5.10. The van der Waals surface area contributed by atoms with Crippen LogP contribution in [0.1, 0.15) is 78.6 Å². The number of aliphatic hydroxyl groups is 1. The number of hydrogen-bond acceptors (Lipinski definition) is 1. The van der Waals surface area contributed by atoms with Crippen LogP contribution in [-0.2, 0) is 0 Å². The van der Waals surface area contributed by atoms with E-state index in [0.29, 0.717) is 10.8 Å². The second-order valence-corrected chi connectivity index (χ2v) is 9.39. The molecule has 22 heavy (non-hydrogen) atoms. The SMILES string of the molecule is C/C=C1\CC[C@H]2[C@H]3CC[C@H]4CC(O)CC[C@]4(C)[C@H]3CC[C@@]12C. The van der Waals surface area contributed by atoms with Gasteiger partial charge < -0.3 is 5.11 Å². The van der Waals surface area contributed by atoms with Crippen LogP contribution in [0.25, 0.3) is 0 Å². The summed E-state index contributed by atoms with van der Waals surface area (Å²) in [5.74, 6) is 3.65. The minimum atomic E-state index is -0.00964. The number of rotatable bonds is 0. The molecule has 0 aromatic rings. The Labute approximate surface area is 136 Å². The molecular weight excluding hydrogens is 268 g/mol. The molecule has 1 nitrogen and oxygen atoms in total. The third-order valence-corrected chi connectivity index (χ3v) is 8.83. The van der Waals surface area contributed by atoms with Gasteiger partial charge in [-0.15, -0.1) is 0 Å². The zero-order valence-electron chi connectivity index (χ0n) is 14.8. The van der Waals surface area contributed by atoms with Crippen molar-refractivity contribution in [2.24, 2.45) is 34.5 Å². The topological polar surface area (TPSA) is 20.2 Å². The first-order valence-electron chi connectivity index (χ1n) is 9.83. The van der Waals surface area contributed by atoms with Crippen molar-refractivity contribution in [2.75, 3.05) is 0 Å². The number of fused-ring (bicyclic) bond motifs is 5. The third-order valence-electron chi connectivity index (χ3n) is 8.83. The van der Waals surface area contributed by atoms with Crippen LogP contribution in [0.2, 0.25) is 0 Å². The quantitative estimate of drug-likeness (QED) is 0.599. The lowest BCUT2D eigenvalue weighted by molar-refractivity contribution is -0.116. The fraction of sp³-hybridized carbons (Fsp3) is 0.905. The van der Waals surface area contributed by atoms with E-state index < -0.39 is 0 Å². The van der Waals surface area contributed by atoms with Crippen LogP contribution < -0.4 is 0 Å². The molecule has 0 saturated heterocycles. The summed E-state index contributed by atoms with van der Waals surface area (Å²) in [5, 5.41) is 10.1. The summed E-state index contributed by atoms with van der Waals surface area (Å²) in [6, 6.07) is 0. The average Bonchev–Trinajstić information content (AvgIpc) is 2.84.